The average molecular weight is 168 g/mol. The van der Waals surface area contributed by atoms with Crippen LogP contribution in [0.15, 0.2) is 11.6 Å². The average Bonchev–Trinajstić information content (AvgIpc) is 2.05. The normalized spacial score (nSPS) is 11.8. The van der Waals surface area contributed by atoms with Crippen LogP contribution in [0.2, 0.25) is 0 Å². The number of terminal acetylenes is 1. The van der Waals surface area contributed by atoms with Crippen LogP contribution in [-0.2, 0) is 9.47 Å². The van der Waals surface area contributed by atoms with Gasteiger partial charge in [-0.25, -0.2) is 0 Å². The van der Waals surface area contributed by atoms with Crippen molar-refractivity contribution in [2.24, 2.45) is 0 Å². The molecule has 2 nitrogen and oxygen atoms in total. The van der Waals surface area contributed by atoms with Gasteiger partial charge in [-0.2, -0.15) is 0 Å². The summed E-state index contributed by atoms with van der Waals surface area (Å²) in [5.41, 5.74) is 0.835. The van der Waals surface area contributed by atoms with Gasteiger partial charge in [-0.3, -0.25) is 0 Å². The van der Waals surface area contributed by atoms with Gasteiger partial charge >= 0.3 is 0 Å². The fraction of sp³-hybridized carbons (Fsp3) is 0.600. The minimum Gasteiger partial charge on any atom is -0.349 e. The summed E-state index contributed by atoms with van der Waals surface area (Å²) in [7, 11) is 0. The van der Waals surface area contributed by atoms with Crippen LogP contribution >= 0.6 is 0 Å². The number of hydrogen-bond donors (Lipinski definition) is 0. The SMILES string of the molecule is C#C/C(C)=C\C(OCC)OCC. The molecule has 68 valence electrons. The first-order valence-corrected chi connectivity index (χ1v) is 4.12. The van der Waals surface area contributed by atoms with Gasteiger partial charge < -0.3 is 9.47 Å². The first-order chi connectivity index (χ1) is 5.74. The lowest BCUT2D eigenvalue weighted by Crippen LogP contribution is -2.14. The van der Waals surface area contributed by atoms with Crippen molar-refractivity contribution in [2.75, 3.05) is 13.2 Å². The number of ether oxygens (including phenoxy) is 2. The molecule has 0 heterocycles. The smallest absolute Gasteiger partial charge is 0.177 e. The van der Waals surface area contributed by atoms with E-state index in [0.29, 0.717) is 13.2 Å². The molecule has 0 aliphatic heterocycles. The third-order valence-electron chi connectivity index (χ3n) is 1.28. The molecular formula is C10H16O2. The minimum absolute atomic E-state index is 0.295. The van der Waals surface area contributed by atoms with Gasteiger partial charge in [0.15, 0.2) is 6.29 Å². The van der Waals surface area contributed by atoms with E-state index in [2.05, 4.69) is 5.92 Å². The van der Waals surface area contributed by atoms with Crippen LogP contribution in [0.4, 0.5) is 0 Å². The molecule has 0 aliphatic carbocycles. The highest BCUT2D eigenvalue weighted by molar-refractivity contribution is 5.22. The van der Waals surface area contributed by atoms with Gasteiger partial charge in [0, 0.05) is 13.2 Å². The van der Waals surface area contributed by atoms with Crippen LogP contribution in [0.1, 0.15) is 20.8 Å². The van der Waals surface area contributed by atoms with Gasteiger partial charge in [0.2, 0.25) is 0 Å². The van der Waals surface area contributed by atoms with Crippen molar-refractivity contribution in [3.05, 3.63) is 11.6 Å². The lowest BCUT2D eigenvalue weighted by molar-refractivity contribution is -0.104. The van der Waals surface area contributed by atoms with Crippen LogP contribution in [0.25, 0.3) is 0 Å². The highest BCUT2D eigenvalue weighted by Gasteiger charge is 2.02. The minimum atomic E-state index is -0.295. The molecule has 0 atom stereocenters. The van der Waals surface area contributed by atoms with Crippen molar-refractivity contribution >= 4 is 0 Å². The van der Waals surface area contributed by atoms with Crippen molar-refractivity contribution in [3.8, 4) is 12.3 Å². The first kappa shape index (κ1) is 11.2. The predicted octanol–water partition coefficient (Wildman–Crippen LogP) is 1.97. The van der Waals surface area contributed by atoms with E-state index in [4.69, 9.17) is 15.9 Å². The Labute approximate surface area is 74.6 Å². The number of allylic oxidation sites excluding steroid dienone is 1. The Bertz CT molecular complexity index is 171. The van der Waals surface area contributed by atoms with Gasteiger partial charge in [0.25, 0.3) is 0 Å². The van der Waals surface area contributed by atoms with Crippen LogP contribution in [-0.4, -0.2) is 19.5 Å². The Morgan fingerprint density at radius 2 is 1.92 bits per heavy atom. The van der Waals surface area contributed by atoms with Gasteiger partial charge in [-0.15, -0.1) is 6.42 Å². The maximum atomic E-state index is 5.26. The van der Waals surface area contributed by atoms with E-state index >= 15 is 0 Å². The summed E-state index contributed by atoms with van der Waals surface area (Å²) in [4.78, 5) is 0. The van der Waals surface area contributed by atoms with E-state index in [-0.39, 0.29) is 6.29 Å². The van der Waals surface area contributed by atoms with E-state index in [9.17, 15) is 0 Å². The van der Waals surface area contributed by atoms with Gasteiger partial charge in [0.1, 0.15) is 0 Å². The Morgan fingerprint density at radius 1 is 1.42 bits per heavy atom. The molecule has 0 unspecified atom stereocenters. The summed E-state index contributed by atoms with van der Waals surface area (Å²) in [6.07, 6.45) is 6.69. The van der Waals surface area contributed by atoms with E-state index in [0.717, 1.165) is 5.57 Å². The topological polar surface area (TPSA) is 18.5 Å². The zero-order valence-electron chi connectivity index (χ0n) is 7.96. The second kappa shape index (κ2) is 6.90. The summed E-state index contributed by atoms with van der Waals surface area (Å²) in [6, 6.07) is 0. The molecule has 0 aromatic heterocycles. The first-order valence-electron chi connectivity index (χ1n) is 4.12. The summed E-state index contributed by atoms with van der Waals surface area (Å²) >= 11 is 0. The van der Waals surface area contributed by atoms with E-state index < -0.39 is 0 Å². The molecule has 0 aromatic rings. The fourth-order valence-electron chi connectivity index (χ4n) is 0.725. The highest BCUT2D eigenvalue weighted by atomic mass is 16.7. The van der Waals surface area contributed by atoms with Crippen molar-refractivity contribution in [1.29, 1.82) is 0 Å². The van der Waals surface area contributed by atoms with Crippen LogP contribution in [0, 0.1) is 12.3 Å². The van der Waals surface area contributed by atoms with Gasteiger partial charge in [-0.05, 0) is 32.4 Å². The molecule has 0 aromatic carbocycles. The zero-order valence-corrected chi connectivity index (χ0v) is 7.96. The van der Waals surface area contributed by atoms with Gasteiger partial charge in [-0.1, -0.05) is 5.92 Å². The van der Waals surface area contributed by atoms with Crippen molar-refractivity contribution in [3.63, 3.8) is 0 Å². The van der Waals surface area contributed by atoms with E-state index in [1.807, 2.05) is 20.8 Å². The maximum Gasteiger partial charge on any atom is 0.177 e. The fourth-order valence-corrected chi connectivity index (χ4v) is 0.725. The molecular weight excluding hydrogens is 152 g/mol. The van der Waals surface area contributed by atoms with E-state index in [1.54, 1.807) is 6.08 Å². The van der Waals surface area contributed by atoms with Crippen LogP contribution < -0.4 is 0 Å². The van der Waals surface area contributed by atoms with Crippen LogP contribution in [0.5, 0.6) is 0 Å². The Hall–Kier alpha value is -0.780. The highest BCUT2D eigenvalue weighted by Crippen LogP contribution is 2.01. The molecule has 0 saturated carbocycles. The summed E-state index contributed by atoms with van der Waals surface area (Å²) in [6.45, 7) is 6.94. The van der Waals surface area contributed by atoms with E-state index in [1.165, 1.54) is 0 Å². The largest absolute Gasteiger partial charge is 0.349 e. The molecule has 0 amide bonds. The molecule has 0 rings (SSSR count). The quantitative estimate of drug-likeness (QED) is 0.461. The van der Waals surface area contributed by atoms with Crippen molar-refractivity contribution < 1.29 is 9.47 Å². The molecule has 0 saturated heterocycles. The van der Waals surface area contributed by atoms with Crippen molar-refractivity contribution in [1.82, 2.24) is 0 Å². The van der Waals surface area contributed by atoms with Crippen molar-refractivity contribution in [2.45, 2.75) is 27.1 Å². The van der Waals surface area contributed by atoms with Gasteiger partial charge in [0.05, 0.1) is 0 Å². The zero-order chi connectivity index (χ0) is 9.40. The Balaban J connectivity index is 4.03. The third-order valence-corrected chi connectivity index (χ3v) is 1.28. The van der Waals surface area contributed by atoms with Crippen LogP contribution in [0.3, 0.4) is 0 Å². The standard InChI is InChI=1S/C10H16O2/c1-5-9(4)8-10(11-6-2)12-7-3/h1,8,10H,6-7H2,2-4H3/b9-8-. The Morgan fingerprint density at radius 3 is 2.25 bits per heavy atom. The maximum absolute atomic E-state index is 5.26. The molecule has 0 aliphatic rings. The predicted molar refractivity (Wildman–Crippen MR) is 49.6 cm³/mol. The number of rotatable bonds is 5. The summed E-state index contributed by atoms with van der Waals surface area (Å²) in [5.74, 6) is 2.51. The molecule has 0 fully saturated rings. The summed E-state index contributed by atoms with van der Waals surface area (Å²) in [5, 5.41) is 0. The molecule has 0 bridgehead atoms. The third kappa shape index (κ3) is 4.95. The molecule has 2 heteroatoms. The molecule has 0 spiro atoms. The number of hydrogen-bond acceptors (Lipinski definition) is 2. The second-order valence-electron chi connectivity index (χ2n) is 2.27. The second-order valence-corrected chi connectivity index (χ2v) is 2.27. The lowest BCUT2D eigenvalue weighted by atomic mass is 10.3. The molecule has 12 heavy (non-hydrogen) atoms. The summed E-state index contributed by atoms with van der Waals surface area (Å²) < 4.78 is 10.5. The monoisotopic (exact) mass is 168 g/mol. The molecule has 0 radical (unpaired) electrons. The Kier molecular flexibility index (Phi) is 6.45. The molecule has 0 N–H and O–H groups in total. The lowest BCUT2D eigenvalue weighted by Gasteiger charge is -2.12.